The Bertz CT molecular complexity index is 542. The first-order valence-electron chi connectivity index (χ1n) is 5.44. The fraction of sp³-hybridized carbons (Fsp3) is 0.143. The lowest BCUT2D eigenvalue weighted by atomic mass is 10.0. The first-order valence-corrected chi connectivity index (χ1v) is 7.68. The molecule has 0 amide bonds. The van der Waals surface area contributed by atoms with Gasteiger partial charge in [0.25, 0.3) is 0 Å². The second-order valence-corrected chi connectivity index (χ2v) is 6.55. The molecular weight excluding hydrogens is 426 g/mol. The van der Waals surface area contributed by atoms with Crippen LogP contribution in [0.15, 0.2) is 46.9 Å². The van der Waals surface area contributed by atoms with Crippen molar-refractivity contribution in [2.24, 2.45) is 0 Å². The third-order valence-corrected chi connectivity index (χ3v) is 4.34. The van der Waals surface area contributed by atoms with Crippen molar-refractivity contribution in [2.75, 3.05) is 0 Å². The quantitative estimate of drug-likeness (QED) is 0.672. The number of halogens is 3. The van der Waals surface area contributed by atoms with Gasteiger partial charge in [-0.1, -0.05) is 39.7 Å². The van der Waals surface area contributed by atoms with E-state index in [1.807, 2.05) is 30.3 Å². The molecule has 0 saturated carbocycles. The Hall–Kier alpha value is -0.100. The highest BCUT2D eigenvalue weighted by Crippen LogP contribution is 2.28. The van der Waals surface area contributed by atoms with Crippen molar-refractivity contribution >= 4 is 50.1 Å². The van der Waals surface area contributed by atoms with Gasteiger partial charge in [-0.05, 0) is 64.0 Å². The van der Waals surface area contributed by atoms with Crippen LogP contribution < -0.4 is 0 Å². The molecule has 1 nitrogen and oxygen atoms in total. The molecule has 0 spiro atoms. The molecule has 0 aliphatic carbocycles. The van der Waals surface area contributed by atoms with Gasteiger partial charge < -0.3 is 5.11 Å². The Kier molecular flexibility index (Phi) is 5.06. The zero-order valence-corrected chi connectivity index (χ0v) is 13.9. The van der Waals surface area contributed by atoms with Crippen molar-refractivity contribution in [1.29, 1.82) is 0 Å². The van der Waals surface area contributed by atoms with E-state index >= 15 is 0 Å². The molecule has 0 aliphatic rings. The molecule has 0 heterocycles. The summed E-state index contributed by atoms with van der Waals surface area (Å²) in [7, 11) is 0. The molecule has 2 aromatic carbocycles. The predicted molar refractivity (Wildman–Crippen MR) is 87.0 cm³/mol. The van der Waals surface area contributed by atoms with Crippen molar-refractivity contribution in [3.8, 4) is 0 Å². The smallest absolute Gasteiger partial charge is 0.0841 e. The van der Waals surface area contributed by atoms with Crippen molar-refractivity contribution in [2.45, 2.75) is 12.5 Å². The van der Waals surface area contributed by atoms with Gasteiger partial charge >= 0.3 is 0 Å². The SMILES string of the molecule is OC(Cc1ccc(I)cc1)c1cc(Cl)ccc1Br. The van der Waals surface area contributed by atoms with E-state index in [1.54, 1.807) is 12.1 Å². The second-order valence-electron chi connectivity index (χ2n) is 4.01. The van der Waals surface area contributed by atoms with Gasteiger partial charge in [-0.25, -0.2) is 0 Å². The fourth-order valence-electron chi connectivity index (χ4n) is 1.72. The average Bonchev–Trinajstić information content (AvgIpc) is 2.35. The Labute approximate surface area is 133 Å². The lowest BCUT2D eigenvalue weighted by molar-refractivity contribution is 0.177. The minimum Gasteiger partial charge on any atom is -0.388 e. The normalized spacial score (nSPS) is 12.4. The molecule has 1 unspecified atom stereocenters. The standard InChI is InChI=1S/C14H11BrClIO/c15-13-6-3-10(16)8-12(13)14(18)7-9-1-4-11(17)5-2-9/h1-6,8,14,18H,7H2. The summed E-state index contributed by atoms with van der Waals surface area (Å²) in [5, 5.41) is 10.9. The van der Waals surface area contributed by atoms with Crippen molar-refractivity contribution < 1.29 is 5.11 Å². The van der Waals surface area contributed by atoms with Gasteiger partial charge in [0, 0.05) is 19.5 Å². The van der Waals surface area contributed by atoms with E-state index in [0.29, 0.717) is 11.4 Å². The Morgan fingerprint density at radius 3 is 2.50 bits per heavy atom. The number of benzene rings is 2. The number of aliphatic hydroxyl groups is 1. The monoisotopic (exact) mass is 436 g/mol. The number of hydrogen-bond donors (Lipinski definition) is 1. The van der Waals surface area contributed by atoms with E-state index in [1.165, 1.54) is 3.57 Å². The molecule has 0 aliphatic heterocycles. The minimum absolute atomic E-state index is 0.557. The van der Waals surface area contributed by atoms with Crippen LogP contribution in [0.25, 0.3) is 0 Å². The third-order valence-electron chi connectivity index (χ3n) is 2.66. The largest absolute Gasteiger partial charge is 0.388 e. The predicted octanol–water partition coefficient (Wildman–Crippen LogP) is 4.98. The molecule has 94 valence electrons. The van der Waals surface area contributed by atoms with Crippen LogP contribution in [0.2, 0.25) is 5.02 Å². The van der Waals surface area contributed by atoms with Crippen molar-refractivity contribution in [1.82, 2.24) is 0 Å². The Morgan fingerprint density at radius 1 is 1.17 bits per heavy atom. The summed E-state index contributed by atoms with van der Waals surface area (Å²) >= 11 is 11.7. The van der Waals surface area contributed by atoms with Crippen LogP contribution in [0, 0.1) is 3.57 Å². The third kappa shape index (κ3) is 3.70. The molecule has 4 heteroatoms. The van der Waals surface area contributed by atoms with Crippen molar-refractivity contribution in [3.63, 3.8) is 0 Å². The molecule has 0 saturated heterocycles. The van der Waals surface area contributed by atoms with E-state index in [-0.39, 0.29) is 0 Å². The Morgan fingerprint density at radius 2 is 1.83 bits per heavy atom. The molecule has 0 aromatic heterocycles. The van der Waals surface area contributed by atoms with Crippen LogP contribution >= 0.6 is 50.1 Å². The van der Waals surface area contributed by atoms with E-state index in [2.05, 4.69) is 38.5 Å². The summed E-state index contributed by atoms with van der Waals surface area (Å²) in [6, 6.07) is 13.6. The van der Waals surface area contributed by atoms with Gasteiger partial charge in [-0.3, -0.25) is 0 Å². The van der Waals surface area contributed by atoms with Gasteiger partial charge in [-0.2, -0.15) is 0 Å². The van der Waals surface area contributed by atoms with Gasteiger partial charge in [-0.15, -0.1) is 0 Å². The average molecular weight is 438 g/mol. The molecule has 2 aromatic rings. The van der Waals surface area contributed by atoms with E-state index < -0.39 is 6.10 Å². The highest BCUT2D eigenvalue weighted by molar-refractivity contribution is 14.1. The molecule has 0 radical (unpaired) electrons. The fourth-order valence-corrected chi connectivity index (χ4v) is 2.77. The highest BCUT2D eigenvalue weighted by Gasteiger charge is 2.12. The molecule has 1 atom stereocenters. The van der Waals surface area contributed by atoms with Crippen LogP contribution in [-0.2, 0) is 6.42 Å². The van der Waals surface area contributed by atoms with E-state index in [0.717, 1.165) is 15.6 Å². The highest BCUT2D eigenvalue weighted by atomic mass is 127. The van der Waals surface area contributed by atoms with Crippen LogP contribution in [0.4, 0.5) is 0 Å². The minimum atomic E-state index is -0.557. The molecule has 18 heavy (non-hydrogen) atoms. The Balaban J connectivity index is 2.18. The molecular formula is C14H11BrClIO. The lowest BCUT2D eigenvalue weighted by Crippen LogP contribution is -2.02. The first-order chi connectivity index (χ1) is 8.56. The summed E-state index contributed by atoms with van der Waals surface area (Å²) in [5.41, 5.74) is 1.93. The molecule has 1 N–H and O–H groups in total. The number of aliphatic hydroxyl groups excluding tert-OH is 1. The zero-order chi connectivity index (χ0) is 13.1. The summed E-state index contributed by atoms with van der Waals surface area (Å²) < 4.78 is 2.07. The summed E-state index contributed by atoms with van der Waals surface area (Å²) in [6.07, 6.45) is 0.0219. The number of rotatable bonds is 3. The van der Waals surface area contributed by atoms with Gasteiger partial charge in [0.1, 0.15) is 0 Å². The van der Waals surface area contributed by atoms with E-state index in [9.17, 15) is 5.11 Å². The van der Waals surface area contributed by atoms with Gasteiger partial charge in [0.2, 0.25) is 0 Å². The van der Waals surface area contributed by atoms with Crippen LogP contribution in [0.5, 0.6) is 0 Å². The first kappa shape index (κ1) is 14.3. The molecule has 0 bridgehead atoms. The van der Waals surface area contributed by atoms with Gasteiger partial charge in [0.05, 0.1) is 6.10 Å². The lowest BCUT2D eigenvalue weighted by Gasteiger charge is -2.13. The van der Waals surface area contributed by atoms with Crippen molar-refractivity contribution in [3.05, 3.63) is 66.7 Å². The van der Waals surface area contributed by atoms with Crippen LogP contribution in [0.1, 0.15) is 17.2 Å². The maximum atomic E-state index is 10.3. The molecule has 0 fully saturated rings. The summed E-state index contributed by atoms with van der Waals surface area (Å²) in [5.74, 6) is 0. The second kappa shape index (κ2) is 6.37. The van der Waals surface area contributed by atoms with Crippen LogP contribution in [0.3, 0.4) is 0 Å². The van der Waals surface area contributed by atoms with Gasteiger partial charge in [0.15, 0.2) is 0 Å². The molecule has 2 rings (SSSR count). The zero-order valence-electron chi connectivity index (χ0n) is 9.41. The summed E-state index contributed by atoms with van der Waals surface area (Å²) in [4.78, 5) is 0. The van der Waals surface area contributed by atoms with Crippen LogP contribution in [-0.4, -0.2) is 5.11 Å². The topological polar surface area (TPSA) is 20.2 Å². The number of hydrogen-bond acceptors (Lipinski definition) is 1. The summed E-state index contributed by atoms with van der Waals surface area (Å²) in [6.45, 7) is 0. The maximum absolute atomic E-state index is 10.3. The maximum Gasteiger partial charge on any atom is 0.0841 e. The van der Waals surface area contributed by atoms with E-state index in [4.69, 9.17) is 11.6 Å².